The SMILES string of the molecule is CCOC(=O)Nc1cc2c(c(N)n1)N=C(c1ccccc1)[C@@H](C)N2.O=S(=O)(O)CCO. The molecular weight excluding hydrogens is 426 g/mol. The van der Waals surface area contributed by atoms with Gasteiger partial charge in [-0.15, -0.1) is 0 Å². The lowest BCUT2D eigenvalue weighted by Gasteiger charge is -2.25. The molecule has 0 saturated heterocycles. The number of nitrogens with zero attached hydrogens (tertiary/aromatic N) is 2. The average Bonchev–Trinajstić information content (AvgIpc) is 2.68. The van der Waals surface area contributed by atoms with E-state index in [4.69, 9.17) is 20.1 Å². The van der Waals surface area contributed by atoms with Gasteiger partial charge in [0.1, 0.15) is 11.5 Å². The maximum absolute atomic E-state index is 11.5. The second-order valence-electron chi connectivity index (χ2n) is 6.37. The minimum atomic E-state index is -3.92. The molecule has 12 heteroatoms. The van der Waals surface area contributed by atoms with E-state index in [1.54, 1.807) is 13.0 Å². The molecule has 1 atom stereocenters. The lowest BCUT2D eigenvalue weighted by Crippen LogP contribution is -2.30. The molecule has 0 saturated carbocycles. The number of carbonyl (C=O) groups excluding carboxylic acids is 1. The van der Waals surface area contributed by atoms with Crippen LogP contribution in [0.15, 0.2) is 41.4 Å². The number of aliphatic hydroxyl groups is 1. The molecule has 0 spiro atoms. The van der Waals surface area contributed by atoms with Crippen molar-refractivity contribution in [2.75, 3.05) is 35.3 Å². The number of hydrogen-bond donors (Lipinski definition) is 5. The van der Waals surface area contributed by atoms with E-state index >= 15 is 0 Å². The van der Waals surface area contributed by atoms with Crippen LogP contribution in [0.1, 0.15) is 19.4 Å². The van der Waals surface area contributed by atoms with Crippen molar-refractivity contribution in [3.05, 3.63) is 42.0 Å². The molecule has 0 bridgehead atoms. The largest absolute Gasteiger partial charge is 0.450 e. The summed E-state index contributed by atoms with van der Waals surface area (Å²) in [6.07, 6.45) is -0.568. The molecule has 0 fully saturated rings. The van der Waals surface area contributed by atoms with Crippen LogP contribution in [0.3, 0.4) is 0 Å². The first kappa shape index (κ1) is 24.1. The van der Waals surface area contributed by atoms with Crippen LogP contribution in [-0.4, -0.2) is 59.9 Å². The van der Waals surface area contributed by atoms with Crippen LogP contribution in [0.25, 0.3) is 0 Å². The number of aliphatic hydroxyl groups excluding tert-OH is 1. The summed E-state index contributed by atoms with van der Waals surface area (Å²) in [6.45, 7) is 3.51. The van der Waals surface area contributed by atoms with Crippen LogP contribution in [0.2, 0.25) is 0 Å². The second-order valence-corrected chi connectivity index (χ2v) is 7.95. The number of hydrogen-bond acceptors (Lipinski definition) is 9. The van der Waals surface area contributed by atoms with Crippen LogP contribution in [0, 0.1) is 0 Å². The first-order valence-corrected chi connectivity index (χ1v) is 11.0. The maximum Gasteiger partial charge on any atom is 0.412 e. The molecule has 0 unspecified atom stereocenters. The zero-order valence-corrected chi connectivity index (χ0v) is 17.9. The number of carbonyl (C=O) groups is 1. The fourth-order valence-electron chi connectivity index (χ4n) is 2.68. The third kappa shape index (κ3) is 7.20. The number of fused-ring (bicyclic) bond motifs is 1. The Morgan fingerprint density at radius 3 is 2.55 bits per heavy atom. The molecule has 1 aliphatic heterocycles. The average molecular weight is 452 g/mol. The minimum absolute atomic E-state index is 0.00265. The first-order chi connectivity index (χ1) is 14.6. The van der Waals surface area contributed by atoms with Crippen LogP contribution in [0.5, 0.6) is 0 Å². The fourth-order valence-corrected chi connectivity index (χ4v) is 2.91. The number of nitrogens with one attached hydrogen (secondary N) is 2. The van der Waals surface area contributed by atoms with Crippen molar-refractivity contribution >= 4 is 44.9 Å². The number of ether oxygens (including phenoxy) is 1. The van der Waals surface area contributed by atoms with Gasteiger partial charge in [-0.05, 0) is 19.4 Å². The van der Waals surface area contributed by atoms with Crippen LogP contribution >= 0.6 is 0 Å². The number of aliphatic imine (C=N–C) groups is 1. The predicted octanol–water partition coefficient (Wildman–Crippen LogP) is 2.03. The smallest absolute Gasteiger partial charge is 0.412 e. The van der Waals surface area contributed by atoms with E-state index in [2.05, 4.69) is 20.6 Å². The minimum Gasteiger partial charge on any atom is -0.450 e. The molecule has 6 N–H and O–H groups in total. The number of nitrogen functional groups attached to an aromatic ring is 1. The number of nitrogens with two attached hydrogens (primary N) is 1. The van der Waals surface area contributed by atoms with Crippen molar-refractivity contribution in [1.82, 2.24) is 4.98 Å². The maximum atomic E-state index is 11.5. The van der Waals surface area contributed by atoms with E-state index in [1.165, 1.54) is 0 Å². The van der Waals surface area contributed by atoms with Crippen molar-refractivity contribution in [1.29, 1.82) is 0 Å². The lowest BCUT2D eigenvalue weighted by atomic mass is 10.0. The Morgan fingerprint density at radius 1 is 1.32 bits per heavy atom. The summed E-state index contributed by atoms with van der Waals surface area (Å²) >= 11 is 0. The molecule has 11 nitrogen and oxygen atoms in total. The van der Waals surface area contributed by atoms with E-state index in [0.717, 1.165) is 17.0 Å². The molecular formula is C19H25N5O6S. The van der Waals surface area contributed by atoms with Crippen LogP contribution in [0.4, 0.5) is 27.8 Å². The Balaban J connectivity index is 0.000000423. The Kier molecular flexibility index (Phi) is 8.30. The molecule has 0 radical (unpaired) electrons. The quantitative estimate of drug-likeness (QED) is 0.426. The number of aromatic nitrogens is 1. The van der Waals surface area contributed by atoms with Gasteiger partial charge in [0.25, 0.3) is 10.1 Å². The summed E-state index contributed by atoms with van der Waals surface area (Å²) in [5.41, 5.74) is 9.24. The Morgan fingerprint density at radius 2 is 2.00 bits per heavy atom. The summed E-state index contributed by atoms with van der Waals surface area (Å²) in [5.74, 6) is -0.0117. The monoisotopic (exact) mass is 451 g/mol. The van der Waals surface area contributed by atoms with Gasteiger partial charge in [0.05, 0.1) is 36.4 Å². The summed E-state index contributed by atoms with van der Waals surface area (Å²) in [5, 5.41) is 13.8. The molecule has 31 heavy (non-hydrogen) atoms. The fraction of sp³-hybridized carbons (Fsp3) is 0.316. The Hall–Kier alpha value is -3.22. The summed E-state index contributed by atoms with van der Waals surface area (Å²) in [6, 6.07) is 11.6. The van der Waals surface area contributed by atoms with Crippen LogP contribution < -0.4 is 16.4 Å². The third-order valence-corrected chi connectivity index (χ3v) is 4.66. The van der Waals surface area contributed by atoms with Gasteiger partial charge in [-0.2, -0.15) is 8.42 Å². The molecule has 1 amide bonds. The van der Waals surface area contributed by atoms with Crippen molar-refractivity contribution in [3.8, 4) is 0 Å². The van der Waals surface area contributed by atoms with Gasteiger partial charge in [0.15, 0.2) is 5.82 Å². The summed E-state index contributed by atoms with van der Waals surface area (Å²) in [7, 11) is -3.92. The lowest BCUT2D eigenvalue weighted by molar-refractivity contribution is 0.168. The highest BCUT2D eigenvalue weighted by Gasteiger charge is 2.23. The molecule has 2 aromatic rings. The van der Waals surface area contributed by atoms with E-state index in [9.17, 15) is 13.2 Å². The van der Waals surface area contributed by atoms with Crippen molar-refractivity contribution in [2.24, 2.45) is 4.99 Å². The summed E-state index contributed by atoms with van der Waals surface area (Å²) < 4.78 is 31.9. The molecule has 2 heterocycles. The van der Waals surface area contributed by atoms with Crippen molar-refractivity contribution in [3.63, 3.8) is 0 Å². The topological polar surface area (TPSA) is 176 Å². The standard InChI is InChI=1S/C17H19N5O2.C2H6O4S/c1-3-24-17(23)21-13-9-12-15(16(18)20-13)22-14(10(2)19-12)11-7-5-4-6-8-11;3-1-2-7(4,5)6/h4-10,19H,3H2,1-2H3,(H3,18,20,21,23);3H,1-2H2,(H,4,5,6)/t10-;/m1./s1. The van der Waals surface area contributed by atoms with E-state index in [0.29, 0.717) is 11.5 Å². The van der Waals surface area contributed by atoms with Crippen molar-refractivity contribution in [2.45, 2.75) is 19.9 Å². The normalized spacial score (nSPS) is 14.8. The molecule has 0 aliphatic carbocycles. The van der Waals surface area contributed by atoms with Gasteiger partial charge in [-0.25, -0.2) is 14.8 Å². The number of amides is 1. The van der Waals surface area contributed by atoms with Gasteiger partial charge >= 0.3 is 6.09 Å². The second kappa shape index (κ2) is 10.7. The highest BCUT2D eigenvalue weighted by molar-refractivity contribution is 7.85. The van der Waals surface area contributed by atoms with Crippen LogP contribution in [-0.2, 0) is 14.9 Å². The zero-order valence-electron chi connectivity index (χ0n) is 17.1. The molecule has 168 valence electrons. The molecule has 1 aromatic carbocycles. The Bertz CT molecular complexity index is 1040. The molecule has 1 aliphatic rings. The molecule has 3 rings (SSSR count). The van der Waals surface area contributed by atoms with Gasteiger partial charge < -0.3 is 20.9 Å². The number of pyridine rings is 1. The van der Waals surface area contributed by atoms with Gasteiger partial charge in [-0.1, -0.05) is 30.3 Å². The van der Waals surface area contributed by atoms with Gasteiger partial charge in [-0.3, -0.25) is 9.87 Å². The zero-order chi connectivity index (χ0) is 23.0. The highest BCUT2D eigenvalue weighted by Crippen LogP contribution is 2.37. The number of benzene rings is 1. The van der Waals surface area contributed by atoms with E-state index < -0.39 is 28.6 Å². The molecule has 1 aromatic heterocycles. The van der Waals surface area contributed by atoms with E-state index in [1.807, 2.05) is 37.3 Å². The number of anilines is 3. The van der Waals surface area contributed by atoms with Crippen molar-refractivity contribution < 1.29 is 27.6 Å². The van der Waals surface area contributed by atoms with E-state index in [-0.39, 0.29) is 18.5 Å². The Labute approximate surface area is 180 Å². The highest BCUT2D eigenvalue weighted by atomic mass is 32.2. The first-order valence-electron chi connectivity index (χ1n) is 9.35. The third-order valence-electron chi connectivity index (χ3n) is 3.96. The predicted molar refractivity (Wildman–Crippen MR) is 119 cm³/mol. The van der Waals surface area contributed by atoms with Gasteiger partial charge in [0, 0.05) is 6.07 Å². The summed E-state index contributed by atoms with van der Waals surface area (Å²) in [4.78, 5) is 20.4. The van der Waals surface area contributed by atoms with Gasteiger partial charge in [0.2, 0.25) is 0 Å². The number of rotatable bonds is 5.